The molecule has 0 amide bonds. The average Bonchev–Trinajstić information content (AvgIpc) is 2.27. The van der Waals surface area contributed by atoms with Crippen LogP contribution < -0.4 is 10.6 Å². The van der Waals surface area contributed by atoms with Crippen molar-refractivity contribution >= 4 is 34.5 Å². The second kappa shape index (κ2) is 6.19. The molecule has 0 fully saturated rings. The Morgan fingerprint density at radius 3 is 2.71 bits per heavy atom. The summed E-state index contributed by atoms with van der Waals surface area (Å²) < 4.78 is 5.12. The number of nitrogens with zero attached hydrogens (tertiary/aromatic N) is 1. The molecule has 94 valence electrons. The van der Waals surface area contributed by atoms with Gasteiger partial charge < -0.3 is 15.4 Å². The molecule has 1 rings (SSSR count). The van der Waals surface area contributed by atoms with Gasteiger partial charge in [0, 0.05) is 31.5 Å². The van der Waals surface area contributed by atoms with Gasteiger partial charge in [-0.05, 0) is 25.1 Å². The second-order valence-electron chi connectivity index (χ2n) is 3.94. The summed E-state index contributed by atoms with van der Waals surface area (Å²) in [5, 5.41) is 0.575. The normalized spacial score (nSPS) is 12.2. The number of likely N-dealkylation sites (N-methyl/N-ethyl adjacent to an activating group) is 1. The fourth-order valence-electron chi connectivity index (χ4n) is 1.53. The fourth-order valence-corrected chi connectivity index (χ4v) is 2.04. The Kier molecular flexibility index (Phi) is 5.18. The number of thiocarbonyl (C=S) groups is 1. The van der Waals surface area contributed by atoms with Gasteiger partial charge in [-0.2, -0.15) is 0 Å². The predicted octanol–water partition coefficient (Wildman–Crippen LogP) is 2.45. The van der Waals surface area contributed by atoms with E-state index >= 15 is 0 Å². The minimum atomic E-state index is 0.270. The van der Waals surface area contributed by atoms with E-state index in [0.717, 1.165) is 5.69 Å². The van der Waals surface area contributed by atoms with Crippen molar-refractivity contribution in [3.05, 3.63) is 28.8 Å². The summed E-state index contributed by atoms with van der Waals surface area (Å²) in [4.78, 5) is 2.41. The van der Waals surface area contributed by atoms with Crippen LogP contribution in [0.4, 0.5) is 5.69 Å². The summed E-state index contributed by atoms with van der Waals surface area (Å²) >= 11 is 11.0. The van der Waals surface area contributed by atoms with Crippen LogP contribution >= 0.6 is 23.8 Å². The number of anilines is 1. The van der Waals surface area contributed by atoms with Crippen molar-refractivity contribution in [3.8, 4) is 0 Å². The zero-order chi connectivity index (χ0) is 13.0. The zero-order valence-electron chi connectivity index (χ0n) is 10.2. The highest BCUT2D eigenvalue weighted by Crippen LogP contribution is 2.24. The highest BCUT2D eigenvalue weighted by atomic mass is 35.5. The van der Waals surface area contributed by atoms with Gasteiger partial charge in [-0.3, -0.25) is 0 Å². The first kappa shape index (κ1) is 14.2. The van der Waals surface area contributed by atoms with E-state index < -0.39 is 0 Å². The van der Waals surface area contributed by atoms with Crippen molar-refractivity contribution in [1.82, 2.24) is 0 Å². The number of ether oxygens (including phenoxy) is 1. The maximum absolute atomic E-state index is 6.12. The van der Waals surface area contributed by atoms with E-state index in [1.54, 1.807) is 7.11 Å². The Labute approximate surface area is 112 Å². The quantitative estimate of drug-likeness (QED) is 0.836. The molecule has 1 aromatic rings. The van der Waals surface area contributed by atoms with Gasteiger partial charge >= 0.3 is 0 Å². The number of methoxy groups -OCH3 is 1. The first-order chi connectivity index (χ1) is 7.97. The molecular formula is C12H17ClN2OS. The Bertz CT molecular complexity index is 411. The Hall–Kier alpha value is -0.840. The summed E-state index contributed by atoms with van der Waals surface area (Å²) in [6.07, 6.45) is 0. The maximum Gasteiger partial charge on any atom is 0.105 e. The van der Waals surface area contributed by atoms with E-state index in [-0.39, 0.29) is 6.04 Å². The third-order valence-electron chi connectivity index (χ3n) is 2.69. The SMILES string of the molecule is COCC(C)N(C)c1ccc(C(N)=S)c(Cl)c1. The van der Waals surface area contributed by atoms with Crippen LogP contribution in [-0.2, 0) is 4.74 Å². The molecule has 0 aliphatic rings. The van der Waals surface area contributed by atoms with Gasteiger partial charge in [0.25, 0.3) is 0 Å². The molecule has 1 atom stereocenters. The number of hydrogen-bond donors (Lipinski definition) is 1. The standard InChI is InChI=1S/C12H17ClN2OS/c1-8(7-16-3)15(2)9-4-5-10(12(14)17)11(13)6-9/h4-6,8H,7H2,1-3H3,(H2,14,17). The van der Waals surface area contributed by atoms with Crippen molar-refractivity contribution in [2.75, 3.05) is 25.7 Å². The molecule has 5 heteroatoms. The molecule has 0 radical (unpaired) electrons. The maximum atomic E-state index is 6.12. The first-order valence-electron chi connectivity index (χ1n) is 5.28. The minimum absolute atomic E-state index is 0.270. The molecule has 1 aromatic carbocycles. The summed E-state index contributed by atoms with van der Waals surface area (Å²) in [5.41, 5.74) is 7.28. The van der Waals surface area contributed by atoms with Crippen molar-refractivity contribution in [2.24, 2.45) is 5.73 Å². The van der Waals surface area contributed by atoms with E-state index in [1.165, 1.54) is 0 Å². The van der Waals surface area contributed by atoms with Gasteiger partial charge in [-0.15, -0.1) is 0 Å². The predicted molar refractivity (Wildman–Crippen MR) is 77.1 cm³/mol. The first-order valence-corrected chi connectivity index (χ1v) is 6.07. The molecule has 1 unspecified atom stereocenters. The van der Waals surface area contributed by atoms with E-state index in [9.17, 15) is 0 Å². The summed E-state index contributed by atoms with van der Waals surface area (Å²) in [6.45, 7) is 2.74. The van der Waals surface area contributed by atoms with Crippen LogP contribution in [0.15, 0.2) is 18.2 Å². The molecule has 0 saturated heterocycles. The Morgan fingerprint density at radius 1 is 1.59 bits per heavy atom. The fraction of sp³-hybridized carbons (Fsp3) is 0.417. The molecule has 2 N–H and O–H groups in total. The van der Waals surface area contributed by atoms with Gasteiger partial charge in [-0.25, -0.2) is 0 Å². The summed E-state index contributed by atoms with van der Waals surface area (Å²) in [7, 11) is 3.68. The molecule has 0 aliphatic carbocycles. The van der Waals surface area contributed by atoms with E-state index in [2.05, 4.69) is 11.8 Å². The van der Waals surface area contributed by atoms with Crippen LogP contribution in [0.2, 0.25) is 5.02 Å². The molecule has 0 saturated carbocycles. The number of hydrogen-bond acceptors (Lipinski definition) is 3. The second-order valence-corrected chi connectivity index (χ2v) is 4.79. The van der Waals surface area contributed by atoms with Gasteiger partial charge in [-0.1, -0.05) is 23.8 Å². The lowest BCUT2D eigenvalue weighted by Gasteiger charge is -2.26. The van der Waals surface area contributed by atoms with E-state index in [1.807, 2.05) is 25.2 Å². The van der Waals surface area contributed by atoms with Gasteiger partial charge in [0.15, 0.2) is 0 Å². The average molecular weight is 273 g/mol. The van der Waals surface area contributed by atoms with Gasteiger partial charge in [0.05, 0.1) is 11.6 Å². The number of benzene rings is 1. The van der Waals surface area contributed by atoms with Crippen LogP contribution in [0.3, 0.4) is 0 Å². The lowest BCUT2D eigenvalue weighted by Crippen LogP contribution is -2.32. The smallest absolute Gasteiger partial charge is 0.105 e. The number of halogens is 1. The van der Waals surface area contributed by atoms with Crippen LogP contribution in [0.25, 0.3) is 0 Å². The van der Waals surface area contributed by atoms with Gasteiger partial charge in [0.2, 0.25) is 0 Å². The monoisotopic (exact) mass is 272 g/mol. The molecule has 0 aliphatic heterocycles. The summed E-state index contributed by atoms with van der Waals surface area (Å²) in [5.74, 6) is 0. The third kappa shape index (κ3) is 3.56. The van der Waals surface area contributed by atoms with E-state index in [4.69, 9.17) is 34.3 Å². The van der Waals surface area contributed by atoms with Crippen LogP contribution in [0.5, 0.6) is 0 Å². The molecule has 17 heavy (non-hydrogen) atoms. The third-order valence-corrected chi connectivity index (χ3v) is 3.23. The van der Waals surface area contributed by atoms with Gasteiger partial charge in [0.1, 0.15) is 4.99 Å². The zero-order valence-corrected chi connectivity index (χ0v) is 11.8. The summed E-state index contributed by atoms with van der Waals surface area (Å²) in [6, 6.07) is 5.93. The minimum Gasteiger partial charge on any atom is -0.389 e. The van der Waals surface area contributed by atoms with Crippen molar-refractivity contribution in [1.29, 1.82) is 0 Å². The van der Waals surface area contributed by atoms with Crippen molar-refractivity contribution in [3.63, 3.8) is 0 Å². The number of nitrogens with two attached hydrogens (primary N) is 1. The van der Waals surface area contributed by atoms with E-state index in [0.29, 0.717) is 22.2 Å². The van der Waals surface area contributed by atoms with Crippen molar-refractivity contribution in [2.45, 2.75) is 13.0 Å². The number of rotatable bonds is 5. The molecule has 0 heterocycles. The van der Waals surface area contributed by atoms with Crippen LogP contribution in [0.1, 0.15) is 12.5 Å². The molecule has 0 spiro atoms. The van der Waals surface area contributed by atoms with Crippen LogP contribution in [-0.4, -0.2) is 31.8 Å². The highest BCUT2D eigenvalue weighted by Gasteiger charge is 2.12. The molecule has 3 nitrogen and oxygen atoms in total. The Morgan fingerprint density at radius 2 is 2.24 bits per heavy atom. The Balaban J connectivity index is 2.93. The lowest BCUT2D eigenvalue weighted by atomic mass is 10.1. The molecular weight excluding hydrogens is 256 g/mol. The lowest BCUT2D eigenvalue weighted by molar-refractivity contribution is 0.183. The highest BCUT2D eigenvalue weighted by molar-refractivity contribution is 7.80. The molecule has 0 bridgehead atoms. The van der Waals surface area contributed by atoms with Crippen LogP contribution in [0, 0.1) is 0 Å². The molecule has 0 aromatic heterocycles. The largest absolute Gasteiger partial charge is 0.389 e. The topological polar surface area (TPSA) is 38.5 Å². The van der Waals surface area contributed by atoms with Crippen molar-refractivity contribution < 1.29 is 4.74 Å².